The number of carbonyl (C=O) groups is 2. The number of benzene rings is 2. The van der Waals surface area contributed by atoms with Crippen molar-refractivity contribution in [3.63, 3.8) is 0 Å². The molecule has 1 N–H and O–H groups in total. The number of esters is 1. The van der Waals surface area contributed by atoms with Crippen molar-refractivity contribution in [1.82, 2.24) is 9.36 Å². The summed E-state index contributed by atoms with van der Waals surface area (Å²) < 4.78 is 8.52. The SMILES string of the molecule is Cc1c(NC(=O)C(C)OC(=O)c2ccc3c(c2)CCC3)c(=O)n(-c2ccccc2)n1C. The highest BCUT2D eigenvalue weighted by atomic mass is 16.5. The van der Waals surface area contributed by atoms with Crippen LogP contribution in [0.3, 0.4) is 0 Å². The van der Waals surface area contributed by atoms with Gasteiger partial charge >= 0.3 is 5.97 Å². The van der Waals surface area contributed by atoms with Gasteiger partial charge in [0.2, 0.25) is 0 Å². The quantitative estimate of drug-likeness (QED) is 0.644. The molecule has 4 rings (SSSR count). The summed E-state index contributed by atoms with van der Waals surface area (Å²) in [5.74, 6) is -1.11. The van der Waals surface area contributed by atoms with Crippen molar-refractivity contribution in [3.8, 4) is 5.69 Å². The molecule has 0 saturated carbocycles. The molecule has 160 valence electrons. The molecule has 7 nitrogen and oxygen atoms in total. The number of amides is 1. The van der Waals surface area contributed by atoms with E-state index < -0.39 is 18.0 Å². The number of nitrogens with zero attached hydrogens (tertiary/aromatic N) is 2. The van der Waals surface area contributed by atoms with E-state index in [1.54, 1.807) is 24.7 Å². The van der Waals surface area contributed by atoms with Crippen molar-refractivity contribution in [2.24, 2.45) is 7.05 Å². The van der Waals surface area contributed by atoms with Crippen LogP contribution in [-0.2, 0) is 29.4 Å². The molecule has 1 aliphatic rings. The summed E-state index contributed by atoms with van der Waals surface area (Å²) in [5.41, 5.74) is 3.95. The molecule has 1 atom stereocenters. The number of hydrogen-bond acceptors (Lipinski definition) is 4. The molecule has 2 aromatic carbocycles. The lowest BCUT2D eigenvalue weighted by Gasteiger charge is -2.13. The zero-order valence-electron chi connectivity index (χ0n) is 17.8. The third-order valence-electron chi connectivity index (χ3n) is 5.79. The number of nitrogens with one attached hydrogen (secondary N) is 1. The van der Waals surface area contributed by atoms with Crippen LogP contribution in [0.1, 0.15) is 40.5 Å². The van der Waals surface area contributed by atoms with Crippen LogP contribution >= 0.6 is 0 Å². The second-order valence-corrected chi connectivity index (χ2v) is 7.81. The van der Waals surface area contributed by atoms with Gasteiger partial charge in [0.15, 0.2) is 6.10 Å². The molecule has 1 unspecified atom stereocenters. The first-order valence-electron chi connectivity index (χ1n) is 10.3. The summed E-state index contributed by atoms with van der Waals surface area (Å²) in [5, 5.41) is 2.64. The monoisotopic (exact) mass is 419 g/mol. The molecule has 1 aromatic heterocycles. The van der Waals surface area contributed by atoms with E-state index in [2.05, 4.69) is 5.32 Å². The first-order valence-corrected chi connectivity index (χ1v) is 10.3. The van der Waals surface area contributed by atoms with Crippen LogP contribution < -0.4 is 10.9 Å². The van der Waals surface area contributed by atoms with Gasteiger partial charge in [0.1, 0.15) is 5.69 Å². The van der Waals surface area contributed by atoms with Gasteiger partial charge in [-0.3, -0.25) is 14.3 Å². The fourth-order valence-corrected chi connectivity index (χ4v) is 3.92. The fourth-order valence-electron chi connectivity index (χ4n) is 3.92. The first-order chi connectivity index (χ1) is 14.9. The van der Waals surface area contributed by atoms with Crippen LogP contribution in [0.5, 0.6) is 0 Å². The van der Waals surface area contributed by atoms with Gasteiger partial charge in [-0.05, 0) is 68.5 Å². The van der Waals surface area contributed by atoms with E-state index in [4.69, 9.17) is 4.74 Å². The number of carbonyl (C=O) groups excluding carboxylic acids is 2. The lowest BCUT2D eigenvalue weighted by molar-refractivity contribution is -0.123. The Hall–Kier alpha value is -3.61. The molecule has 0 bridgehead atoms. The lowest BCUT2D eigenvalue weighted by Crippen LogP contribution is -2.32. The van der Waals surface area contributed by atoms with Crippen molar-refractivity contribution in [1.29, 1.82) is 0 Å². The normalized spacial score (nSPS) is 13.5. The minimum absolute atomic E-state index is 0.164. The van der Waals surface area contributed by atoms with E-state index in [1.807, 2.05) is 42.5 Å². The molecule has 0 radical (unpaired) electrons. The van der Waals surface area contributed by atoms with E-state index >= 15 is 0 Å². The summed E-state index contributed by atoms with van der Waals surface area (Å²) in [6, 6.07) is 14.7. The average molecular weight is 419 g/mol. The number of para-hydroxylation sites is 1. The average Bonchev–Trinajstić information content (AvgIpc) is 3.32. The Morgan fingerprint density at radius 2 is 1.77 bits per heavy atom. The molecular formula is C24H25N3O4. The summed E-state index contributed by atoms with van der Waals surface area (Å²) in [6.07, 6.45) is 2.02. The Morgan fingerprint density at radius 3 is 2.52 bits per heavy atom. The summed E-state index contributed by atoms with van der Waals surface area (Å²) in [6.45, 7) is 3.24. The van der Waals surface area contributed by atoms with Gasteiger partial charge in [-0.1, -0.05) is 24.3 Å². The molecule has 1 aliphatic carbocycles. The van der Waals surface area contributed by atoms with E-state index in [-0.39, 0.29) is 11.2 Å². The zero-order valence-corrected chi connectivity index (χ0v) is 17.8. The maximum Gasteiger partial charge on any atom is 0.338 e. The van der Waals surface area contributed by atoms with Crippen LogP contribution in [0.15, 0.2) is 53.3 Å². The molecule has 31 heavy (non-hydrogen) atoms. The van der Waals surface area contributed by atoms with Crippen molar-refractivity contribution >= 4 is 17.6 Å². The Bertz CT molecular complexity index is 1210. The Balaban J connectivity index is 1.49. The highest BCUT2D eigenvalue weighted by Gasteiger charge is 2.24. The maximum absolute atomic E-state index is 12.9. The molecule has 0 spiro atoms. The third-order valence-corrected chi connectivity index (χ3v) is 5.79. The van der Waals surface area contributed by atoms with E-state index in [0.29, 0.717) is 16.9 Å². The predicted molar refractivity (Wildman–Crippen MR) is 118 cm³/mol. The molecule has 1 heterocycles. The Labute approximate surface area is 180 Å². The van der Waals surface area contributed by atoms with Crippen LogP contribution in [0.2, 0.25) is 0 Å². The van der Waals surface area contributed by atoms with Gasteiger partial charge in [0.05, 0.1) is 16.9 Å². The number of ether oxygens (including phenoxy) is 1. The summed E-state index contributed by atoms with van der Waals surface area (Å²) in [7, 11) is 1.75. The largest absolute Gasteiger partial charge is 0.449 e. The summed E-state index contributed by atoms with van der Waals surface area (Å²) in [4.78, 5) is 38.1. The maximum atomic E-state index is 12.9. The second kappa shape index (κ2) is 8.26. The van der Waals surface area contributed by atoms with Gasteiger partial charge in [-0.2, -0.15) is 0 Å². The van der Waals surface area contributed by atoms with Crippen molar-refractivity contribution in [2.45, 2.75) is 39.2 Å². The van der Waals surface area contributed by atoms with E-state index in [0.717, 1.165) is 24.8 Å². The molecule has 7 heteroatoms. The number of aromatic nitrogens is 2. The van der Waals surface area contributed by atoms with Crippen LogP contribution in [0, 0.1) is 6.92 Å². The number of rotatable bonds is 5. The van der Waals surface area contributed by atoms with Crippen LogP contribution in [0.4, 0.5) is 5.69 Å². The summed E-state index contributed by atoms with van der Waals surface area (Å²) >= 11 is 0. The van der Waals surface area contributed by atoms with Gasteiger partial charge in [-0.15, -0.1) is 0 Å². The topological polar surface area (TPSA) is 82.3 Å². The van der Waals surface area contributed by atoms with Crippen molar-refractivity contribution in [3.05, 3.63) is 81.3 Å². The second-order valence-electron chi connectivity index (χ2n) is 7.81. The van der Waals surface area contributed by atoms with E-state index in [9.17, 15) is 14.4 Å². The van der Waals surface area contributed by atoms with Crippen molar-refractivity contribution < 1.29 is 14.3 Å². The minimum atomic E-state index is -1.05. The fraction of sp³-hybridized carbons (Fsp3) is 0.292. The molecular weight excluding hydrogens is 394 g/mol. The molecule has 1 amide bonds. The Kier molecular flexibility index (Phi) is 5.50. The number of anilines is 1. The first kappa shape index (κ1) is 20.7. The Morgan fingerprint density at radius 1 is 1.06 bits per heavy atom. The van der Waals surface area contributed by atoms with Crippen LogP contribution in [-0.4, -0.2) is 27.3 Å². The van der Waals surface area contributed by atoms with E-state index in [1.165, 1.54) is 17.2 Å². The van der Waals surface area contributed by atoms with Gasteiger partial charge < -0.3 is 10.1 Å². The van der Waals surface area contributed by atoms with Gasteiger partial charge in [0, 0.05) is 7.05 Å². The minimum Gasteiger partial charge on any atom is -0.449 e. The van der Waals surface area contributed by atoms with Crippen LogP contribution in [0.25, 0.3) is 5.69 Å². The smallest absolute Gasteiger partial charge is 0.338 e. The highest BCUT2D eigenvalue weighted by Crippen LogP contribution is 2.23. The predicted octanol–water partition coefficient (Wildman–Crippen LogP) is 3.16. The molecule has 0 saturated heterocycles. The standard InChI is InChI=1S/C24H25N3O4/c1-15-21(23(29)27(26(15)3)20-10-5-4-6-11-20)25-22(28)16(2)31-24(30)19-13-12-17-8-7-9-18(17)14-19/h4-6,10-14,16H,7-9H2,1-3H3,(H,25,28). The number of fused-ring (bicyclic) bond motifs is 1. The van der Waals surface area contributed by atoms with Crippen molar-refractivity contribution in [2.75, 3.05) is 5.32 Å². The molecule has 0 aliphatic heterocycles. The highest BCUT2D eigenvalue weighted by molar-refractivity contribution is 5.97. The van der Waals surface area contributed by atoms with Gasteiger partial charge in [-0.25, -0.2) is 9.48 Å². The molecule has 3 aromatic rings. The zero-order chi connectivity index (χ0) is 22.1. The lowest BCUT2D eigenvalue weighted by atomic mass is 10.1. The number of aryl methyl sites for hydroxylation is 2. The van der Waals surface area contributed by atoms with Gasteiger partial charge in [0.25, 0.3) is 11.5 Å². The molecule has 0 fully saturated rings. The third kappa shape index (κ3) is 3.91. The number of hydrogen-bond donors (Lipinski definition) is 1.